The number of rotatable bonds is 3. The highest BCUT2D eigenvalue weighted by atomic mass is 32.1. The topological polar surface area (TPSA) is 51.3 Å². The van der Waals surface area contributed by atoms with Gasteiger partial charge in [0.2, 0.25) is 0 Å². The molecule has 3 rings (SSSR count). The standard InChI is InChI=1S/C14H19N3OS/c15-7-10-16-8-5-11(6-9-16)17-14(18)12-3-1-2-4-13(12)19-17/h1-4,11H,5-10,15H2. The molecule has 2 N–H and O–H groups in total. The van der Waals surface area contributed by atoms with Gasteiger partial charge in [-0.05, 0) is 25.0 Å². The van der Waals surface area contributed by atoms with Gasteiger partial charge in [-0.2, -0.15) is 0 Å². The molecule has 0 spiro atoms. The highest BCUT2D eigenvalue weighted by Gasteiger charge is 2.22. The summed E-state index contributed by atoms with van der Waals surface area (Å²) in [4.78, 5) is 14.8. The van der Waals surface area contributed by atoms with Crippen LogP contribution < -0.4 is 11.3 Å². The first kappa shape index (κ1) is 12.8. The number of hydrogen-bond donors (Lipinski definition) is 1. The molecule has 1 aliphatic rings. The molecule has 4 nitrogen and oxygen atoms in total. The predicted octanol–water partition coefficient (Wildman–Crippen LogP) is 1.66. The summed E-state index contributed by atoms with van der Waals surface area (Å²) in [5.74, 6) is 0. The molecular formula is C14H19N3OS. The molecule has 0 atom stereocenters. The van der Waals surface area contributed by atoms with Crippen LogP contribution in [0.2, 0.25) is 0 Å². The zero-order valence-electron chi connectivity index (χ0n) is 10.9. The molecule has 1 aliphatic heterocycles. The molecule has 2 aromatic rings. The van der Waals surface area contributed by atoms with Crippen LogP contribution in [0.4, 0.5) is 0 Å². The van der Waals surface area contributed by atoms with E-state index in [2.05, 4.69) is 4.90 Å². The zero-order valence-corrected chi connectivity index (χ0v) is 11.7. The van der Waals surface area contributed by atoms with E-state index in [1.165, 1.54) is 0 Å². The van der Waals surface area contributed by atoms with Crippen molar-refractivity contribution in [3.8, 4) is 0 Å². The van der Waals surface area contributed by atoms with E-state index in [1.807, 2.05) is 28.2 Å². The highest BCUT2D eigenvalue weighted by molar-refractivity contribution is 7.13. The van der Waals surface area contributed by atoms with Crippen LogP contribution in [0.1, 0.15) is 18.9 Å². The Hall–Kier alpha value is -1.17. The van der Waals surface area contributed by atoms with Crippen molar-refractivity contribution >= 4 is 21.6 Å². The monoisotopic (exact) mass is 277 g/mol. The minimum Gasteiger partial charge on any atom is -0.329 e. The average molecular weight is 277 g/mol. The van der Waals surface area contributed by atoms with Crippen molar-refractivity contribution in [1.29, 1.82) is 0 Å². The van der Waals surface area contributed by atoms with Gasteiger partial charge in [0, 0.05) is 26.2 Å². The van der Waals surface area contributed by atoms with Gasteiger partial charge < -0.3 is 10.6 Å². The van der Waals surface area contributed by atoms with Gasteiger partial charge in [0.15, 0.2) is 0 Å². The van der Waals surface area contributed by atoms with Crippen molar-refractivity contribution in [1.82, 2.24) is 8.86 Å². The molecule has 5 heteroatoms. The Morgan fingerprint density at radius 3 is 2.68 bits per heavy atom. The summed E-state index contributed by atoms with van der Waals surface area (Å²) < 4.78 is 3.07. The van der Waals surface area contributed by atoms with E-state index in [-0.39, 0.29) is 5.56 Å². The molecule has 1 fully saturated rings. The summed E-state index contributed by atoms with van der Waals surface area (Å²) in [6.45, 7) is 3.77. The first-order chi connectivity index (χ1) is 9.29. The number of aromatic nitrogens is 1. The minimum atomic E-state index is 0.179. The van der Waals surface area contributed by atoms with E-state index in [0.717, 1.165) is 42.6 Å². The van der Waals surface area contributed by atoms with Crippen molar-refractivity contribution in [2.45, 2.75) is 18.9 Å². The molecular weight excluding hydrogens is 258 g/mol. The lowest BCUT2D eigenvalue weighted by molar-refractivity contribution is 0.195. The summed E-state index contributed by atoms with van der Waals surface area (Å²) >= 11 is 1.61. The Morgan fingerprint density at radius 1 is 1.26 bits per heavy atom. The van der Waals surface area contributed by atoms with Crippen LogP contribution in [-0.4, -0.2) is 35.0 Å². The number of hydrogen-bond acceptors (Lipinski definition) is 4. The quantitative estimate of drug-likeness (QED) is 0.928. The molecule has 0 saturated carbocycles. The third-order valence-electron chi connectivity index (χ3n) is 3.85. The molecule has 0 radical (unpaired) electrons. The maximum absolute atomic E-state index is 12.4. The fourth-order valence-corrected chi connectivity index (χ4v) is 3.94. The smallest absolute Gasteiger partial charge is 0.268 e. The highest BCUT2D eigenvalue weighted by Crippen LogP contribution is 2.26. The second-order valence-electron chi connectivity index (χ2n) is 5.08. The molecule has 0 amide bonds. The van der Waals surface area contributed by atoms with E-state index in [4.69, 9.17) is 5.73 Å². The van der Waals surface area contributed by atoms with Crippen LogP contribution in [0.5, 0.6) is 0 Å². The molecule has 19 heavy (non-hydrogen) atoms. The van der Waals surface area contributed by atoms with E-state index < -0.39 is 0 Å². The van der Waals surface area contributed by atoms with Gasteiger partial charge >= 0.3 is 0 Å². The number of fused-ring (bicyclic) bond motifs is 1. The molecule has 2 heterocycles. The van der Waals surface area contributed by atoms with Crippen molar-refractivity contribution in [2.75, 3.05) is 26.2 Å². The van der Waals surface area contributed by atoms with Crippen molar-refractivity contribution < 1.29 is 0 Å². The van der Waals surface area contributed by atoms with E-state index in [0.29, 0.717) is 12.6 Å². The first-order valence-corrected chi connectivity index (χ1v) is 7.60. The third kappa shape index (κ3) is 2.45. The normalized spacial score (nSPS) is 18.2. The van der Waals surface area contributed by atoms with Gasteiger partial charge in [-0.25, -0.2) is 0 Å². The lowest BCUT2D eigenvalue weighted by Crippen LogP contribution is -2.38. The second-order valence-corrected chi connectivity index (χ2v) is 6.10. The summed E-state index contributed by atoms with van der Waals surface area (Å²) in [7, 11) is 0. The maximum Gasteiger partial charge on any atom is 0.268 e. The van der Waals surface area contributed by atoms with E-state index >= 15 is 0 Å². The summed E-state index contributed by atoms with van der Waals surface area (Å²) in [6, 6.07) is 8.24. The van der Waals surface area contributed by atoms with Crippen LogP contribution in [0, 0.1) is 0 Å². The number of likely N-dealkylation sites (tertiary alicyclic amines) is 1. The average Bonchev–Trinajstić information content (AvgIpc) is 2.78. The Bertz CT molecular complexity index is 610. The van der Waals surface area contributed by atoms with Gasteiger partial charge in [0.1, 0.15) is 0 Å². The van der Waals surface area contributed by atoms with Gasteiger partial charge in [-0.1, -0.05) is 23.7 Å². The maximum atomic E-state index is 12.4. The van der Waals surface area contributed by atoms with Gasteiger partial charge in [0.05, 0.1) is 16.1 Å². The Balaban J connectivity index is 1.82. The molecule has 1 aromatic carbocycles. The van der Waals surface area contributed by atoms with Gasteiger partial charge in [0.25, 0.3) is 5.56 Å². The van der Waals surface area contributed by atoms with Crippen molar-refractivity contribution in [3.05, 3.63) is 34.6 Å². The zero-order chi connectivity index (χ0) is 13.2. The van der Waals surface area contributed by atoms with Crippen molar-refractivity contribution in [3.63, 3.8) is 0 Å². The molecule has 0 bridgehead atoms. The summed E-state index contributed by atoms with van der Waals surface area (Å²) in [5.41, 5.74) is 5.76. The van der Waals surface area contributed by atoms with Crippen LogP contribution in [0.25, 0.3) is 10.1 Å². The van der Waals surface area contributed by atoms with Gasteiger partial charge in [-0.15, -0.1) is 0 Å². The van der Waals surface area contributed by atoms with Crippen LogP contribution >= 0.6 is 11.5 Å². The number of nitrogens with zero attached hydrogens (tertiary/aromatic N) is 2. The third-order valence-corrected chi connectivity index (χ3v) is 5.06. The Morgan fingerprint density at radius 2 is 2.00 bits per heavy atom. The largest absolute Gasteiger partial charge is 0.329 e. The Kier molecular flexibility index (Phi) is 3.68. The van der Waals surface area contributed by atoms with Gasteiger partial charge in [-0.3, -0.25) is 8.75 Å². The van der Waals surface area contributed by atoms with Crippen molar-refractivity contribution in [2.24, 2.45) is 5.73 Å². The SMILES string of the molecule is NCCN1CCC(n2sc3ccccc3c2=O)CC1. The molecule has 1 aromatic heterocycles. The van der Waals surface area contributed by atoms with Crippen LogP contribution in [0.3, 0.4) is 0 Å². The predicted molar refractivity (Wildman–Crippen MR) is 79.9 cm³/mol. The fraction of sp³-hybridized carbons (Fsp3) is 0.500. The van der Waals surface area contributed by atoms with E-state index in [9.17, 15) is 4.79 Å². The first-order valence-electron chi connectivity index (χ1n) is 6.82. The summed E-state index contributed by atoms with van der Waals surface area (Å²) in [6.07, 6.45) is 2.10. The Labute approximate surface area is 116 Å². The minimum absolute atomic E-state index is 0.179. The molecule has 102 valence electrons. The lowest BCUT2D eigenvalue weighted by atomic mass is 10.1. The van der Waals surface area contributed by atoms with Crippen LogP contribution in [0.15, 0.2) is 29.1 Å². The van der Waals surface area contributed by atoms with Crippen LogP contribution in [-0.2, 0) is 0 Å². The second kappa shape index (κ2) is 5.45. The summed E-state index contributed by atoms with van der Waals surface area (Å²) in [5, 5.41) is 0.858. The van der Waals surface area contributed by atoms with E-state index in [1.54, 1.807) is 11.5 Å². The number of benzene rings is 1. The lowest BCUT2D eigenvalue weighted by Gasteiger charge is -2.31. The molecule has 0 unspecified atom stereocenters. The number of piperidine rings is 1. The molecule has 1 saturated heterocycles. The molecule has 0 aliphatic carbocycles. The number of nitrogens with two attached hydrogens (primary N) is 1. The fourth-order valence-electron chi connectivity index (χ4n) is 2.79.